The van der Waals surface area contributed by atoms with Crippen LogP contribution in [0.5, 0.6) is 0 Å². The van der Waals surface area contributed by atoms with Crippen LogP contribution >= 0.6 is 0 Å². The summed E-state index contributed by atoms with van der Waals surface area (Å²) < 4.78 is 27.8. The minimum atomic E-state index is -3.23. The lowest BCUT2D eigenvalue weighted by molar-refractivity contribution is 0.169. The summed E-state index contributed by atoms with van der Waals surface area (Å²) in [5.74, 6) is 0.378. The van der Waals surface area contributed by atoms with Gasteiger partial charge in [0.2, 0.25) is 10.0 Å². The van der Waals surface area contributed by atoms with Gasteiger partial charge >= 0.3 is 0 Å². The minimum absolute atomic E-state index is 0.284. The number of rotatable bonds is 5. The van der Waals surface area contributed by atoms with E-state index in [1.54, 1.807) is 16.7 Å². The fourth-order valence-electron chi connectivity index (χ4n) is 4.54. The topological polar surface area (TPSA) is 82.2 Å². The van der Waals surface area contributed by atoms with Crippen LogP contribution < -0.4 is 0 Å². The number of H-pyrrole nitrogens is 1. The van der Waals surface area contributed by atoms with Crippen molar-refractivity contribution in [2.75, 3.05) is 26.2 Å². The molecule has 0 aliphatic carbocycles. The molecule has 2 saturated heterocycles. The quantitative estimate of drug-likeness (QED) is 0.697. The maximum atomic E-state index is 13.0. The number of nitrogens with zero attached hydrogens (tertiary/aromatic N) is 4. The van der Waals surface area contributed by atoms with E-state index in [1.807, 2.05) is 30.6 Å². The lowest BCUT2D eigenvalue weighted by Crippen LogP contribution is -2.58. The lowest BCUT2D eigenvalue weighted by atomic mass is 9.90. The Labute approximate surface area is 170 Å². The maximum Gasteiger partial charge on any atom is 0.219 e. The number of fused-ring (bicyclic) bond motifs is 1. The van der Waals surface area contributed by atoms with Crippen LogP contribution in [0.15, 0.2) is 49.1 Å². The predicted octanol–water partition coefficient (Wildman–Crippen LogP) is 2.35. The van der Waals surface area contributed by atoms with Crippen LogP contribution in [0.1, 0.15) is 29.9 Å². The van der Waals surface area contributed by atoms with E-state index in [9.17, 15) is 8.42 Å². The fourth-order valence-corrected chi connectivity index (χ4v) is 6.48. The van der Waals surface area contributed by atoms with Gasteiger partial charge in [0.15, 0.2) is 0 Å². The van der Waals surface area contributed by atoms with Crippen LogP contribution in [0.4, 0.5) is 0 Å². The molecule has 0 spiro atoms. The number of pyridine rings is 2. The van der Waals surface area contributed by atoms with Gasteiger partial charge in [-0.3, -0.25) is 9.88 Å². The molecule has 2 aliphatic rings. The first-order valence-electron chi connectivity index (χ1n) is 10.1. The summed E-state index contributed by atoms with van der Waals surface area (Å²) >= 11 is 0. The van der Waals surface area contributed by atoms with Crippen molar-refractivity contribution in [1.82, 2.24) is 24.2 Å². The van der Waals surface area contributed by atoms with Crippen molar-refractivity contribution >= 4 is 21.1 Å². The van der Waals surface area contributed by atoms with Gasteiger partial charge in [-0.1, -0.05) is 6.07 Å². The van der Waals surface area contributed by atoms with Crippen LogP contribution in [0.25, 0.3) is 11.0 Å². The number of likely N-dealkylation sites (tertiary alicyclic amines) is 1. The molecular weight excluding hydrogens is 386 g/mol. The van der Waals surface area contributed by atoms with Gasteiger partial charge in [0.1, 0.15) is 10.9 Å². The highest BCUT2D eigenvalue weighted by molar-refractivity contribution is 7.89. The average Bonchev–Trinajstić information content (AvgIpc) is 3.15. The van der Waals surface area contributed by atoms with Crippen molar-refractivity contribution < 1.29 is 8.42 Å². The third kappa shape index (κ3) is 3.56. The Morgan fingerprint density at radius 3 is 2.66 bits per heavy atom. The van der Waals surface area contributed by atoms with Gasteiger partial charge in [-0.15, -0.1) is 0 Å². The summed E-state index contributed by atoms with van der Waals surface area (Å²) in [5, 5.41) is 0.867. The van der Waals surface area contributed by atoms with E-state index in [0.717, 1.165) is 36.0 Å². The fraction of sp³-hybridized carbons (Fsp3) is 0.429. The first-order valence-corrected chi connectivity index (χ1v) is 11.6. The molecule has 0 aromatic carbocycles. The second-order valence-corrected chi connectivity index (χ2v) is 10.3. The van der Waals surface area contributed by atoms with Crippen molar-refractivity contribution in [3.05, 3.63) is 60.2 Å². The van der Waals surface area contributed by atoms with E-state index in [1.165, 1.54) is 5.56 Å². The Morgan fingerprint density at radius 2 is 1.90 bits per heavy atom. The zero-order valence-electron chi connectivity index (χ0n) is 16.2. The van der Waals surface area contributed by atoms with Crippen molar-refractivity contribution in [3.63, 3.8) is 0 Å². The zero-order valence-corrected chi connectivity index (χ0v) is 17.1. The molecule has 5 rings (SSSR count). The van der Waals surface area contributed by atoms with Crippen LogP contribution in [0.2, 0.25) is 0 Å². The largest absolute Gasteiger partial charge is 0.346 e. The summed E-state index contributed by atoms with van der Waals surface area (Å²) in [6.45, 7) is 3.16. The smallest absolute Gasteiger partial charge is 0.219 e. The van der Waals surface area contributed by atoms with Gasteiger partial charge in [-0.25, -0.2) is 17.7 Å². The maximum absolute atomic E-state index is 13.0. The first-order chi connectivity index (χ1) is 14.1. The van der Waals surface area contributed by atoms with E-state index in [-0.39, 0.29) is 5.25 Å². The normalized spacial score (nSPS) is 20.1. The van der Waals surface area contributed by atoms with Gasteiger partial charge in [0.25, 0.3) is 0 Å². The molecule has 7 nitrogen and oxygen atoms in total. The zero-order chi connectivity index (χ0) is 19.8. The van der Waals surface area contributed by atoms with Crippen LogP contribution in [0, 0.1) is 0 Å². The Bertz CT molecular complexity index is 1080. The second-order valence-electron chi connectivity index (χ2n) is 8.04. The molecule has 8 heteroatoms. The van der Waals surface area contributed by atoms with E-state index in [4.69, 9.17) is 0 Å². The number of hydrogen-bond acceptors (Lipinski definition) is 5. The van der Waals surface area contributed by atoms with E-state index in [2.05, 4.69) is 25.9 Å². The second kappa shape index (κ2) is 7.51. The van der Waals surface area contributed by atoms with E-state index in [0.29, 0.717) is 32.1 Å². The molecule has 2 fully saturated rings. The Kier molecular flexibility index (Phi) is 4.85. The number of aromatic amines is 1. The molecule has 3 aromatic heterocycles. The monoisotopic (exact) mass is 411 g/mol. The highest BCUT2D eigenvalue weighted by Gasteiger charge is 2.41. The van der Waals surface area contributed by atoms with Crippen molar-refractivity contribution in [3.8, 4) is 0 Å². The van der Waals surface area contributed by atoms with Crippen molar-refractivity contribution in [2.24, 2.45) is 0 Å². The molecule has 0 atom stereocenters. The van der Waals surface area contributed by atoms with E-state index >= 15 is 0 Å². The third-order valence-electron chi connectivity index (χ3n) is 6.21. The van der Waals surface area contributed by atoms with Gasteiger partial charge in [0.05, 0.1) is 0 Å². The molecule has 0 unspecified atom stereocenters. The molecule has 0 saturated carbocycles. The van der Waals surface area contributed by atoms with Gasteiger partial charge in [-0.2, -0.15) is 0 Å². The standard InChI is InChI=1S/C21H25N5O2S/c27-29(28,18-14-25(15-18)13-16-3-1-7-22-11-16)26-9-5-17(6-10-26)20-12-24-21-19(20)4-2-8-23-21/h1-4,7-8,11-12,17-18H,5-6,9-10,13-15H2,(H,23,24). The summed E-state index contributed by atoms with van der Waals surface area (Å²) in [6, 6.07) is 7.98. The lowest BCUT2D eigenvalue weighted by Gasteiger charge is -2.42. The number of piperidine rings is 1. The molecule has 29 heavy (non-hydrogen) atoms. The number of hydrogen-bond donors (Lipinski definition) is 1. The molecule has 152 valence electrons. The van der Waals surface area contributed by atoms with Crippen LogP contribution in [-0.4, -0.2) is 64.0 Å². The molecule has 1 N–H and O–H groups in total. The predicted molar refractivity (Wildman–Crippen MR) is 112 cm³/mol. The van der Waals surface area contributed by atoms with Crippen LogP contribution in [0.3, 0.4) is 0 Å². The third-order valence-corrected chi connectivity index (χ3v) is 8.44. The van der Waals surface area contributed by atoms with Gasteiger partial charge in [-0.05, 0) is 48.1 Å². The molecular formula is C21H25N5O2S. The highest BCUT2D eigenvalue weighted by atomic mass is 32.2. The number of aromatic nitrogens is 3. The Morgan fingerprint density at radius 1 is 1.10 bits per heavy atom. The Balaban J connectivity index is 1.18. The van der Waals surface area contributed by atoms with E-state index < -0.39 is 10.0 Å². The van der Waals surface area contributed by atoms with Crippen molar-refractivity contribution in [1.29, 1.82) is 0 Å². The molecule has 0 bridgehead atoms. The molecule has 2 aliphatic heterocycles. The summed E-state index contributed by atoms with van der Waals surface area (Å²) in [7, 11) is -3.23. The highest BCUT2D eigenvalue weighted by Crippen LogP contribution is 2.34. The SMILES string of the molecule is O=S(=O)(C1CN(Cc2cccnc2)C1)N1CCC(c2c[nH]c3ncccc23)CC1. The minimum Gasteiger partial charge on any atom is -0.346 e. The Hall–Kier alpha value is -2.29. The van der Waals surface area contributed by atoms with Crippen LogP contribution in [-0.2, 0) is 16.6 Å². The molecule has 0 amide bonds. The number of nitrogens with one attached hydrogen (secondary N) is 1. The molecule has 0 radical (unpaired) electrons. The van der Waals surface area contributed by atoms with Gasteiger partial charge in [0, 0.05) is 62.9 Å². The molecule has 3 aromatic rings. The summed E-state index contributed by atoms with van der Waals surface area (Å²) in [4.78, 5) is 13.9. The summed E-state index contributed by atoms with van der Waals surface area (Å²) in [5.41, 5.74) is 3.29. The average molecular weight is 412 g/mol. The van der Waals surface area contributed by atoms with Gasteiger partial charge < -0.3 is 4.98 Å². The summed E-state index contributed by atoms with van der Waals surface area (Å²) in [6.07, 6.45) is 9.12. The number of sulfonamides is 1. The van der Waals surface area contributed by atoms with Crippen molar-refractivity contribution in [2.45, 2.75) is 30.6 Å². The first kappa shape index (κ1) is 18.7. The molecule has 5 heterocycles.